The minimum Gasteiger partial charge on any atom is -0.464 e. The summed E-state index contributed by atoms with van der Waals surface area (Å²) in [7, 11) is -0.604. The fourth-order valence-corrected chi connectivity index (χ4v) is 5.61. The van der Waals surface area contributed by atoms with Gasteiger partial charge in [-0.05, 0) is 75.6 Å². The van der Waals surface area contributed by atoms with Crippen molar-refractivity contribution in [3.8, 4) is 0 Å². The number of nitrogens with zero attached hydrogens (tertiary/aromatic N) is 2. The van der Waals surface area contributed by atoms with Crippen LogP contribution in [0.5, 0.6) is 0 Å². The van der Waals surface area contributed by atoms with Crippen molar-refractivity contribution in [3.63, 3.8) is 0 Å². The number of hydrogen-bond donors (Lipinski definition) is 0. The number of carbonyl (C=O) groups is 1. The fourth-order valence-electron chi connectivity index (χ4n) is 4.11. The quantitative estimate of drug-likeness (QED) is 0.594. The average Bonchev–Trinajstić information content (AvgIpc) is 3.13. The number of piperidine rings is 1. The average molecular weight is 427 g/mol. The number of likely N-dealkylation sites (tertiary alicyclic amines) is 1. The van der Waals surface area contributed by atoms with Gasteiger partial charge < -0.3 is 9.64 Å². The van der Waals surface area contributed by atoms with Crippen molar-refractivity contribution >= 4 is 26.9 Å². The Labute approximate surface area is 177 Å². The molecule has 0 amide bonds. The number of hydrogen-bond acceptors (Lipinski definition) is 5. The van der Waals surface area contributed by atoms with E-state index in [1.807, 2.05) is 25.1 Å². The molecule has 0 bridgehead atoms. The molecule has 0 radical (unpaired) electrons. The molecule has 2 aromatic carbocycles. The molecule has 1 saturated heterocycles. The number of methoxy groups -OCH3 is 1. The lowest BCUT2D eigenvalue weighted by Gasteiger charge is -2.29. The van der Waals surface area contributed by atoms with Gasteiger partial charge in [0.15, 0.2) is 0 Å². The number of aryl methyl sites for hydroxylation is 1. The van der Waals surface area contributed by atoms with Crippen LogP contribution in [-0.2, 0) is 14.8 Å². The van der Waals surface area contributed by atoms with Gasteiger partial charge in [-0.1, -0.05) is 29.8 Å². The molecule has 0 atom stereocenters. The molecule has 0 unspecified atom stereocenters. The highest BCUT2D eigenvalue weighted by Gasteiger charge is 2.28. The van der Waals surface area contributed by atoms with Crippen LogP contribution in [-0.4, -0.2) is 50.5 Å². The van der Waals surface area contributed by atoms with Crippen LogP contribution in [0, 0.1) is 6.92 Å². The Kier molecular flexibility index (Phi) is 5.42. The molecule has 0 saturated carbocycles. The molecule has 30 heavy (non-hydrogen) atoms. The van der Waals surface area contributed by atoms with Crippen molar-refractivity contribution in [2.24, 2.45) is 0 Å². The van der Waals surface area contributed by atoms with Crippen LogP contribution in [0.4, 0.5) is 0 Å². The second-order valence-electron chi connectivity index (χ2n) is 8.00. The van der Waals surface area contributed by atoms with Gasteiger partial charge in [-0.2, -0.15) is 0 Å². The topological polar surface area (TPSA) is 68.6 Å². The van der Waals surface area contributed by atoms with Crippen molar-refractivity contribution in [2.45, 2.75) is 30.6 Å². The molecule has 3 aromatic rings. The SMILES string of the molecule is COC(=O)c1cc2ccc(C3CCN(C)CC3)cc2n1S(=O)(=O)c1ccc(C)cc1. The molecule has 1 fully saturated rings. The van der Waals surface area contributed by atoms with Gasteiger partial charge in [0, 0.05) is 5.39 Å². The van der Waals surface area contributed by atoms with Gasteiger partial charge in [-0.15, -0.1) is 0 Å². The predicted octanol–water partition coefficient (Wildman–Crippen LogP) is 3.78. The minimum absolute atomic E-state index is 0.00797. The first kappa shape index (κ1) is 20.6. The second kappa shape index (κ2) is 7.89. The molecule has 1 aromatic heterocycles. The second-order valence-corrected chi connectivity index (χ2v) is 9.79. The van der Waals surface area contributed by atoms with Gasteiger partial charge in [0.1, 0.15) is 5.69 Å². The van der Waals surface area contributed by atoms with Crippen molar-refractivity contribution in [2.75, 3.05) is 27.2 Å². The maximum atomic E-state index is 13.5. The molecule has 158 valence electrons. The molecule has 4 rings (SSSR count). The molecular formula is C23H26N2O4S. The van der Waals surface area contributed by atoms with Crippen LogP contribution in [0.25, 0.3) is 10.9 Å². The van der Waals surface area contributed by atoms with Gasteiger partial charge in [0.2, 0.25) is 0 Å². The van der Waals surface area contributed by atoms with E-state index in [4.69, 9.17) is 4.74 Å². The largest absolute Gasteiger partial charge is 0.464 e. The summed E-state index contributed by atoms with van der Waals surface area (Å²) < 4.78 is 33.1. The van der Waals surface area contributed by atoms with Crippen LogP contribution in [0.2, 0.25) is 0 Å². The molecule has 0 aliphatic carbocycles. The molecule has 0 N–H and O–H groups in total. The molecule has 1 aliphatic rings. The van der Waals surface area contributed by atoms with Gasteiger partial charge in [0.25, 0.3) is 10.0 Å². The summed E-state index contributed by atoms with van der Waals surface area (Å²) >= 11 is 0. The standard InChI is InChI=1S/C23H26N2O4S/c1-16-4-8-20(9-5-16)30(27,28)25-21-14-18(17-10-12-24(2)13-11-17)6-7-19(21)15-22(25)23(26)29-3/h4-9,14-15,17H,10-13H2,1-3H3. The number of fused-ring (bicyclic) bond motifs is 1. The predicted molar refractivity (Wildman–Crippen MR) is 117 cm³/mol. The molecular weight excluding hydrogens is 400 g/mol. The van der Waals surface area contributed by atoms with Crippen LogP contribution in [0.1, 0.15) is 40.4 Å². The third kappa shape index (κ3) is 3.63. The Morgan fingerprint density at radius 1 is 1.03 bits per heavy atom. The Morgan fingerprint density at radius 2 is 1.70 bits per heavy atom. The molecule has 2 heterocycles. The Balaban J connectivity index is 1.90. The molecule has 6 nitrogen and oxygen atoms in total. The summed E-state index contributed by atoms with van der Waals surface area (Å²) in [6.45, 7) is 3.92. The summed E-state index contributed by atoms with van der Waals surface area (Å²) in [5, 5.41) is 0.697. The Hall–Kier alpha value is -2.64. The van der Waals surface area contributed by atoms with Crippen LogP contribution < -0.4 is 0 Å². The van der Waals surface area contributed by atoms with E-state index in [1.54, 1.807) is 30.3 Å². The number of esters is 1. The van der Waals surface area contributed by atoms with Crippen LogP contribution in [0.3, 0.4) is 0 Å². The van der Waals surface area contributed by atoms with E-state index in [1.165, 1.54) is 7.11 Å². The zero-order valence-corrected chi connectivity index (χ0v) is 18.3. The van der Waals surface area contributed by atoms with Crippen molar-refractivity contribution in [3.05, 3.63) is 65.4 Å². The number of carbonyl (C=O) groups excluding carboxylic acids is 1. The van der Waals surface area contributed by atoms with Gasteiger partial charge in [-0.25, -0.2) is 17.2 Å². The molecule has 1 aliphatic heterocycles. The highest BCUT2D eigenvalue weighted by Crippen LogP contribution is 2.33. The summed E-state index contributed by atoms with van der Waals surface area (Å²) in [5.41, 5.74) is 2.58. The Bertz CT molecular complexity index is 1190. The number of aromatic nitrogens is 1. The van der Waals surface area contributed by atoms with Gasteiger partial charge >= 0.3 is 5.97 Å². The number of ether oxygens (including phenoxy) is 1. The minimum atomic E-state index is -3.97. The van der Waals surface area contributed by atoms with Crippen molar-refractivity contribution in [1.29, 1.82) is 0 Å². The fraction of sp³-hybridized carbons (Fsp3) is 0.348. The van der Waals surface area contributed by atoms with Crippen molar-refractivity contribution < 1.29 is 17.9 Å². The number of rotatable bonds is 4. The zero-order chi connectivity index (χ0) is 21.5. The van der Waals surface area contributed by atoms with Crippen molar-refractivity contribution in [1.82, 2.24) is 8.87 Å². The maximum absolute atomic E-state index is 13.5. The first-order valence-electron chi connectivity index (χ1n) is 10.1. The monoisotopic (exact) mass is 426 g/mol. The lowest BCUT2D eigenvalue weighted by Crippen LogP contribution is -2.29. The smallest absolute Gasteiger partial charge is 0.355 e. The third-order valence-corrected chi connectivity index (χ3v) is 7.67. The zero-order valence-electron chi connectivity index (χ0n) is 17.5. The van der Waals surface area contributed by atoms with E-state index < -0.39 is 16.0 Å². The van der Waals surface area contributed by atoms with E-state index in [2.05, 4.69) is 11.9 Å². The normalized spacial score (nSPS) is 16.1. The highest BCUT2D eigenvalue weighted by atomic mass is 32.2. The first-order chi connectivity index (χ1) is 14.3. The summed E-state index contributed by atoms with van der Waals surface area (Å²) in [4.78, 5) is 14.9. The van der Waals surface area contributed by atoms with Crippen LogP contribution in [0.15, 0.2) is 53.4 Å². The summed E-state index contributed by atoms with van der Waals surface area (Å²) in [6, 6.07) is 14.1. The van der Waals surface area contributed by atoms with Gasteiger partial charge in [-0.3, -0.25) is 0 Å². The highest BCUT2D eigenvalue weighted by molar-refractivity contribution is 7.90. The first-order valence-corrected chi connectivity index (χ1v) is 11.5. The van der Waals surface area contributed by atoms with E-state index in [0.717, 1.165) is 41.0 Å². The van der Waals surface area contributed by atoms with E-state index in [0.29, 0.717) is 16.8 Å². The number of benzene rings is 2. The third-order valence-electron chi connectivity index (χ3n) is 5.93. The maximum Gasteiger partial charge on any atom is 0.355 e. The van der Waals surface area contributed by atoms with Gasteiger partial charge in [0.05, 0.1) is 17.5 Å². The van der Waals surface area contributed by atoms with E-state index in [-0.39, 0.29) is 10.6 Å². The summed E-state index contributed by atoms with van der Waals surface area (Å²) in [6.07, 6.45) is 2.05. The lowest BCUT2D eigenvalue weighted by atomic mass is 9.89. The lowest BCUT2D eigenvalue weighted by molar-refractivity contribution is 0.0593. The Morgan fingerprint density at radius 3 is 2.33 bits per heavy atom. The van der Waals surface area contributed by atoms with Crippen LogP contribution >= 0.6 is 0 Å². The molecule has 0 spiro atoms. The van der Waals surface area contributed by atoms with E-state index in [9.17, 15) is 13.2 Å². The van der Waals surface area contributed by atoms with E-state index >= 15 is 0 Å². The molecule has 7 heteroatoms. The summed E-state index contributed by atoms with van der Waals surface area (Å²) in [5.74, 6) is -0.305.